The summed E-state index contributed by atoms with van der Waals surface area (Å²) >= 11 is 0. The van der Waals surface area contributed by atoms with E-state index in [9.17, 15) is 14.7 Å². The molecule has 0 aliphatic heterocycles. The van der Waals surface area contributed by atoms with Gasteiger partial charge in [0, 0.05) is 24.5 Å². The van der Waals surface area contributed by atoms with Crippen LogP contribution in [0.15, 0.2) is 48.5 Å². The number of amides is 1. The third-order valence-electron chi connectivity index (χ3n) is 4.92. The molecule has 2 aromatic rings. The molecule has 0 aliphatic rings. The average molecular weight is 430 g/mol. The Morgan fingerprint density at radius 2 is 1.77 bits per heavy atom. The van der Waals surface area contributed by atoms with Crippen molar-refractivity contribution in [3.63, 3.8) is 0 Å². The molecule has 8 nitrogen and oxygen atoms in total. The van der Waals surface area contributed by atoms with Crippen LogP contribution in [-0.2, 0) is 16.0 Å². The summed E-state index contributed by atoms with van der Waals surface area (Å²) in [6.45, 7) is 3.79. The van der Waals surface area contributed by atoms with Crippen LogP contribution < -0.4 is 20.3 Å². The number of methoxy groups -OCH3 is 1. The Balaban J connectivity index is 1.85. The minimum absolute atomic E-state index is 0.0639. The Kier molecular flexibility index (Phi) is 9.80. The Bertz CT molecular complexity index is 824. The second-order valence-electron chi connectivity index (χ2n) is 7.05. The highest BCUT2D eigenvalue weighted by Gasteiger charge is 2.20. The molecule has 0 saturated carbocycles. The van der Waals surface area contributed by atoms with Gasteiger partial charge >= 0.3 is 5.97 Å². The summed E-state index contributed by atoms with van der Waals surface area (Å²) in [5.74, 6) is -0.678. The van der Waals surface area contributed by atoms with Gasteiger partial charge < -0.3 is 30.5 Å². The number of hydrogen-bond donors (Lipinski definition) is 4. The number of aliphatic hydroxyl groups excluding tert-OH is 1. The molecule has 0 aromatic heterocycles. The fraction of sp³-hybridized carbons (Fsp3) is 0.391. The molecule has 0 radical (unpaired) electrons. The highest BCUT2D eigenvalue weighted by Crippen LogP contribution is 2.18. The van der Waals surface area contributed by atoms with Gasteiger partial charge in [-0.15, -0.1) is 0 Å². The molecule has 0 heterocycles. The normalized spacial score (nSPS) is 11.6. The number of carboxylic acid groups (broad SMARTS) is 1. The van der Waals surface area contributed by atoms with Gasteiger partial charge in [0.2, 0.25) is 5.91 Å². The maximum absolute atomic E-state index is 12.3. The number of aliphatic hydroxyl groups is 1. The van der Waals surface area contributed by atoms with Crippen molar-refractivity contribution in [2.24, 2.45) is 0 Å². The van der Waals surface area contributed by atoms with Crippen molar-refractivity contribution in [3.8, 4) is 5.75 Å². The van der Waals surface area contributed by atoms with Crippen molar-refractivity contribution in [2.45, 2.75) is 25.8 Å². The third kappa shape index (κ3) is 7.92. The molecule has 2 aromatic carbocycles. The first-order valence-electron chi connectivity index (χ1n) is 10.3. The van der Waals surface area contributed by atoms with Crippen molar-refractivity contribution in [3.05, 3.63) is 54.1 Å². The van der Waals surface area contributed by atoms with Gasteiger partial charge in [0.1, 0.15) is 11.8 Å². The van der Waals surface area contributed by atoms with Crippen molar-refractivity contribution in [2.75, 3.05) is 43.6 Å². The van der Waals surface area contributed by atoms with Gasteiger partial charge in [-0.3, -0.25) is 9.59 Å². The number of anilines is 2. The van der Waals surface area contributed by atoms with E-state index in [1.807, 2.05) is 48.2 Å². The second kappa shape index (κ2) is 12.6. The summed E-state index contributed by atoms with van der Waals surface area (Å²) in [6, 6.07) is 13.8. The Labute approximate surface area is 182 Å². The van der Waals surface area contributed by atoms with Gasteiger partial charge in [0.25, 0.3) is 0 Å². The maximum Gasteiger partial charge on any atom is 0.321 e. The second-order valence-corrected chi connectivity index (χ2v) is 7.05. The summed E-state index contributed by atoms with van der Waals surface area (Å²) in [5.41, 5.74) is 2.58. The molecule has 8 heteroatoms. The molecule has 0 saturated heterocycles. The Morgan fingerprint density at radius 1 is 1.10 bits per heavy atom. The summed E-state index contributed by atoms with van der Waals surface area (Å²) in [7, 11) is 1.60. The van der Waals surface area contributed by atoms with Crippen LogP contribution in [0.3, 0.4) is 0 Å². The zero-order valence-electron chi connectivity index (χ0n) is 18.0. The molecule has 4 N–H and O–H groups in total. The van der Waals surface area contributed by atoms with Crippen molar-refractivity contribution >= 4 is 23.3 Å². The summed E-state index contributed by atoms with van der Waals surface area (Å²) < 4.78 is 5.12. The Morgan fingerprint density at radius 3 is 2.32 bits per heavy atom. The lowest BCUT2D eigenvalue weighted by Gasteiger charge is -2.22. The minimum atomic E-state index is -1.07. The summed E-state index contributed by atoms with van der Waals surface area (Å²) in [5, 5.41) is 24.2. The summed E-state index contributed by atoms with van der Waals surface area (Å²) in [6.07, 6.45) is 0.462. The van der Waals surface area contributed by atoms with Gasteiger partial charge in [0.15, 0.2) is 0 Å². The smallest absolute Gasteiger partial charge is 0.321 e. The van der Waals surface area contributed by atoms with Crippen LogP contribution >= 0.6 is 0 Å². The van der Waals surface area contributed by atoms with Crippen LogP contribution in [0.25, 0.3) is 0 Å². The number of ether oxygens (including phenoxy) is 1. The monoisotopic (exact) mass is 429 g/mol. The van der Waals surface area contributed by atoms with E-state index in [-0.39, 0.29) is 18.9 Å². The first kappa shape index (κ1) is 24.2. The molecule has 0 spiro atoms. The van der Waals surface area contributed by atoms with Crippen LogP contribution in [0.5, 0.6) is 5.75 Å². The third-order valence-corrected chi connectivity index (χ3v) is 4.92. The quantitative estimate of drug-likeness (QED) is 0.386. The van der Waals surface area contributed by atoms with Crippen LogP contribution in [0.2, 0.25) is 0 Å². The van der Waals surface area contributed by atoms with E-state index >= 15 is 0 Å². The molecule has 0 aliphatic carbocycles. The largest absolute Gasteiger partial charge is 0.497 e. The first-order chi connectivity index (χ1) is 15.0. The van der Waals surface area contributed by atoms with Gasteiger partial charge in [-0.05, 0) is 61.9 Å². The van der Waals surface area contributed by atoms with Crippen LogP contribution in [-0.4, -0.2) is 61.5 Å². The minimum Gasteiger partial charge on any atom is -0.497 e. The predicted molar refractivity (Wildman–Crippen MR) is 121 cm³/mol. The number of hydrogen-bond acceptors (Lipinski definition) is 6. The van der Waals surface area contributed by atoms with Gasteiger partial charge in [0.05, 0.1) is 20.1 Å². The zero-order chi connectivity index (χ0) is 22.6. The van der Waals surface area contributed by atoms with E-state index < -0.39 is 12.0 Å². The molecule has 0 bridgehead atoms. The van der Waals surface area contributed by atoms with Gasteiger partial charge in [-0.2, -0.15) is 0 Å². The lowest BCUT2D eigenvalue weighted by molar-refractivity contribution is -0.141. The van der Waals surface area contributed by atoms with Gasteiger partial charge in [-0.25, -0.2) is 0 Å². The lowest BCUT2D eigenvalue weighted by atomic mass is 10.1. The lowest BCUT2D eigenvalue weighted by Crippen LogP contribution is -2.40. The molecular weight excluding hydrogens is 398 g/mol. The molecule has 31 heavy (non-hydrogen) atoms. The number of benzene rings is 2. The van der Waals surface area contributed by atoms with Crippen LogP contribution in [0.1, 0.15) is 18.9 Å². The standard InChI is InChI=1S/C23H31N3O5/c1-3-26(14-15-27)19-8-6-18(7-9-19)25-22(28)16-21(23(29)30)24-13-12-17-4-10-20(31-2)11-5-17/h4-11,21,24,27H,3,12-16H2,1-2H3,(H,25,28)(H,29,30). The van der Waals surface area contributed by atoms with Crippen molar-refractivity contribution < 1.29 is 24.5 Å². The molecule has 2 rings (SSSR count). The number of nitrogens with one attached hydrogen (secondary N) is 2. The fourth-order valence-corrected chi connectivity index (χ4v) is 3.17. The predicted octanol–water partition coefficient (Wildman–Crippen LogP) is 2.13. The molecule has 0 fully saturated rings. The number of nitrogens with zero attached hydrogens (tertiary/aromatic N) is 1. The van der Waals surface area contributed by atoms with E-state index in [2.05, 4.69) is 10.6 Å². The SMILES string of the molecule is CCN(CCO)c1ccc(NC(=O)CC(NCCc2ccc(OC)cc2)C(=O)O)cc1. The molecule has 168 valence electrons. The van der Waals surface area contributed by atoms with E-state index in [0.29, 0.717) is 25.2 Å². The first-order valence-corrected chi connectivity index (χ1v) is 10.3. The maximum atomic E-state index is 12.3. The molecule has 1 unspecified atom stereocenters. The molecular formula is C23H31N3O5. The van der Waals surface area contributed by atoms with Crippen LogP contribution in [0, 0.1) is 0 Å². The number of rotatable bonds is 13. The van der Waals surface area contributed by atoms with Crippen molar-refractivity contribution in [1.82, 2.24) is 5.32 Å². The number of carbonyl (C=O) groups excluding carboxylic acids is 1. The topological polar surface area (TPSA) is 111 Å². The van der Waals surface area contributed by atoms with E-state index in [1.165, 1.54) is 0 Å². The highest BCUT2D eigenvalue weighted by atomic mass is 16.5. The van der Waals surface area contributed by atoms with E-state index in [4.69, 9.17) is 9.84 Å². The van der Waals surface area contributed by atoms with Crippen LogP contribution in [0.4, 0.5) is 11.4 Å². The van der Waals surface area contributed by atoms with Gasteiger partial charge in [-0.1, -0.05) is 12.1 Å². The number of likely N-dealkylation sites (N-methyl/N-ethyl adjacent to an activating group) is 1. The number of carboxylic acids is 1. The number of carbonyl (C=O) groups is 2. The Hall–Kier alpha value is -3.10. The van der Waals surface area contributed by atoms with Crippen molar-refractivity contribution in [1.29, 1.82) is 0 Å². The highest BCUT2D eigenvalue weighted by molar-refractivity contribution is 5.94. The summed E-state index contributed by atoms with van der Waals surface area (Å²) in [4.78, 5) is 25.9. The molecule has 1 amide bonds. The fourth-order valence-electron chi connectivity index (χ4n) is 3.17. The zero-order valence-corrected chi connectivity index (χ0v) is 18.0. The van der Waals surface area contributed by atoms with E-state index in [0.717, 1.165) is 23.5 Å². The average Bonchev–Trinajstić information content (AvgIpc) is 2.77. The number of aliphatic carboxylic acids is 1. The molecule has 1 atom stereocenters. The van der Waals surface area contributed by atoms with E-state index in [1.54, 1.807) is 19.2 Å².